The Balaban J connectivity index is 1.76. The molecule has 0 saturated heterocycles. The van der Waals surface area contributed by atoms with Crippen molar-refractivity contribution in [3.63, 3.8) is 0 Å². The molecular weight excluding hydrogens is 408 g/mol. The number of benzene rings is 2. The first-order valence-corrected chi connectivity index (χ1v) is 11.4. The van der Waals surface area contributed by atoms with Gasteiger partial charge in [0.2, 0.25) is 5.91 Å². The summed E-state index contributed by atoms with van der Waals surface area (Å²) in [5.74, 6) is 0.473. The van der Waals surface area contributed by atoms with E-state index in [1.807, 2.05) is 24.4 Å². The van der Waals surface area contributed by atoms with Crippen molar-refractivity contribution in [3.05, 3.63) is 70.4 Å². The number of nitrogens with one attached hydrogen (secondary N) is 2. The average molecular weight is 431 g/mol. The highest BCUT2D eigenvalue weighted by Crippen LogP contribution is 2.24. The first kappa shape index (κ1) is 20.9. The lowest BCUT2D eigenvalue weighted by molar-refractivity contribution is -0.115. The van der Waals surface area contributed by atoms with E-state index in [1.165, 1.54) is 17.4 Å². The molecule has 29 heavy (non-hydrogen) atoms. The number of amides is 1. The highest BCUT2D eigenvalue weighted by atomic mass is 32.2. The van der Waals surface area contributed by atoms with Crippen molar-refractivity contribution < 1.29 is 17.9 Å². The number of hydrogen-bond acceptors (Lipinski definition) is 5. The van der Waals surface area contributed by atoms with Gasteiger partial charge < -0.3 is 10.1 Å². The van der Waals surface area contributed by atoms with E-state index in [2.05, 4.69) is 10.0 Å². The highest BCUT2D eigenvalue weighted by molar-refractivity contribution is 7.92. The van der Waals surface area contributed by atoms with Gasteiger partial charge >= 0.3 is 0 Å². The molecule has 8 heteroatoms. The van der Waals surface area contributed by atoms with Crippen LogP contribution in [0.4, 0.5) is 11.4 Å². The summed E-state index contributed by atoms with van der Waals surface area (Å²) in [7, 11) is -3.82. The van der Waals surface area contributed by atoms with E-state index in [0.717, 1.165) is 4.88 Å². The van der Waals surface area contributed by atoms with Gasteiger partial charge in [-0.05, 0) is 67.3 Å². The van der Waals surface area contributed by atoms with Gasteiger partial charge in [-0.15, -0.1) is 11.3 Å². The first-order valence-electron chi connectivity index (χ1n) is 9.06. The SMILES string of the molecule is CCOc1ccc(NS(=O)(=O)c2cc(NC(=O)Cc3cccs3)ccc2C)cc1. The van der Waals surface area contributed by atoms with Crippen LogP contribution in [-0.2, 0) is 21.2 Å². The molecule has 1 amide bonds. The van der Waals surface area contributed by atoms with Crippen molar-refractivity contribution in [3.8, 4) is 5.75 Å². The maximum absolute atomic E-state index is 12.9. The normalized spacial score (nSPS) is 11.1. The molecule has 1 aromatic heterocycles. The highest BCUT2D eigenvalue weighted by Gasteiger charge is 2.18. The van der Waals surface area contributed by atoms with Crippen molar-refractivity contribution in [1.82, 2.24) is 0 Å². The van der Waals surface area contributed by atoms with E-state index in [9.17, 15) is 13.2 Å². The van der Waals surface area contributed by atoms with E-state index in [-0.39, 0.29) is 17.2 Å². The van der Waals surface area contributed by atoms with Gasteiger partial charge in [-0.25, -0.2) is 8.42 Å². The lowest BCUT2D eigenvalue weighted by atomic mass is 10.2. The number of aryl methyl sites for hydroxylation is 1. The maximum Gasteiger partial charge on any atom is 0.262 e. The Hall–Kier alpha value is -2.84. The molecule has 6 nitrogen and oxygen atoms in total. The van der Waals surface area contributed by atoms with E-state index in [1.54, 1.807) is 43.3 Å². The van der Waals surface area contributed by atoms with Crippen LogP contribution in [0.1, 0.15) is 17.4 Å². The van der Waals surface area contributed by atoms with E-state index >= 15 is 0 Å². The van der Waals surface area contributed by atoms with Crippen LogP contribution >= 0.6 is 11.3 Å². The summed E-state index contributed by atoms with van der Waals surface area (Å²) >= 11 is 1.50. The third kappa shape index (κ3) is 5.58. The molecule has 0 radical (unpaired) electrons. The number of anilines is 2. The Kier molecular flexibility index (Phi) is 6.56. The van der Waals surface area contributed by atoms with Gasteiger partial charge in [0.15, 0.2) is 0 Å². The summed E-state index contributed by atoms with van der Waals surface area (Å²) in [5, 5.41) is 4.67. The van der Waals surface area contributed by atoms with Crippen LogP contribution in [0.3, 0.4) is 0 Å². The molecule has 2 aromatic carbocycles. The minimum atomic E-state index is -3.82. The topological polar surface area (TPSA) is 84.5 Å². The molecule has 3 rings (SSSR count). The van der Waals surface area contributed by atoms with Crippen molar-refractivity contribution >= 4 is 38.6 Å². The predicted molar refractivity (Wildman–Crippen MR) is 116 cm³/mol. The largest absolute Gasteiger partial charge is 0.494 e. The number of ether oxygens (including phenoxy) is 1. The fourth-order valence-electron chi connectivity index (χ4n) is 2.74. The first-order chi connectivity index (χ1) is 13.9. The van der Waals surface area contributed by atoms with Gasteiger partial charge in [0.25, 0.3) is 10.0 Å². The average Bonchev–Trinajstić information content (AvgIpc) is 3.17. The molecule has 0 spiro atoms. The summed E-state index contributed by atoms with van der Waals surface area (Å²) < 4.78 is 33.7. The Morgan fingerprint density at radius 1 is 1.07 bits per heavy atom. The van der Waals surface area contributed by atoms with Gasteiger partial charge in [-0.1, -0.05) is 12.1 Å². The summed E-state index contributed by atoms with van der Waals surface area (Å²) in [6.07, 6.45) is 0.248. The minimum absolute atomic E-state index is 0.111. The monoisotopic (exact) mass is 430 g/mol. The van der Waals surface area contributed by atoms with Crippen LogP contribution in [0.5, 0.6) is 5.75 Å². The molecule has 0 aliphatic heterocycles. The van der Waals surface area contributed by atoms with Gasteiger partial charge in [-0.2, -0.15) is 0 Å². The van der Waals surface area contributed by atoms with Crippen molar-refractivity contribution in [2.24, 2.45) is 0 Å². The lowest BCUT2D eigenvalue weighted by Crippen LogP contribution is -2.17. The Morgan fingerprint density at radius 2 is 1.79 bits per heavy atom. The van der Waals surface area contributed by atoms with Crippen LogP contribution in [-0.4, -0.2) is 20.9 Å². The molecule has 2 N–H and O–H groups in total. The number of rotatable bonds is 8. The zero-order valence-corrected chi connectivity index (χ0v) is 17.8. The third-order valence-corrected chi connectivity index (χ3v) is 6.49. The minimum Gasteiger partial charge on any atom is -0.494 e. The van der Waals surface area contributed by atoms with Crippen molar-refractivity contribution in [1.29, 1.82) is 0 Å². The van der Waals surface area contributed by atoms with E-state index in [4.69, 9.17) is 4.74 Å². The van der Waals surface area contributed by atoms with Gasteiger partial charge in [0, 0.05) is 16.3 Å². The second-order valence-electron chi connectivity index (χ2n) is 6.35. The number of carbonyl (C=O) groups excluding carboxylic acids is 1. The Morgan fingerprint density at radius 3 is 2.45 bits per heavy atom. The zero-order chi connectivity index (χ0) is 20.9. The lowest BCUT2D eigenvalue weighted by Gasteiger charge is -2.13. The van der Waals surface area contributed by atoms with Crippen LogP contribution < -0.4 is 14.8 Å². The summed E-state index contributed by atoms with van der Waals surface area (Å²) in [5.41, 5.74) is 1.45. The summed E-state index contributed by atoms with van der Waals surface area (Å²) in [4.78, 5) is 13.3. The molecule has 3 aromatic rings. The van der Waals surface area contributed by atoms with Crippen LogP contribution in [0.2, 0.25) is 0 Å². The molecule has 0 aliphatic carbocycles. The number of sulfonamides is 1. The third-order valence-electron chi connectivity index (χ3n) is 4.09. The van der Waals surface area contributed by atoms with Crippen LogP contribution in [0, 0.1) is 6.92 Å². The van der Waals surface area contributed by atoms with E-state index < -0.39 is 10.0 Å². The molecule has 0 aliphatic rings. The molecule has 152 valence electrons. The zero-order valence-electron chi connectivity index (χ0n) is 16.1. The second kappa shape index (κ2) is 9.11. The summed E-state index contributed by atoms with van der Waals surface area (Å²) in [6.45, 7) is 4.13. The Bertz CT molecular complexity index is 1080. The van der Waals surface area contributed by atoms with Crippen molar-refractivity contribution in [2.75, 3.05) is 16.6 Å². The van der Waals surface area contributed by atoms with Crippen LogP contribution in [0.25, 0.3) is 0 Å². The fraction of sp³-hybridized carbons (Fsp3) is 0.190. The predicted octanol–water partition coefficient (Wildman–Crippen LogP) is 4.44. The van der Waals surface area contributed by atoms with Gasteiger partial charge in [-0.3, -0.25) is 9.52 Å². The smallest absolute Gasteiger partial charge is 0.262 e. The molecule has 0 atom stereocenters. The molecular formula is C21H22N2O4S2. The standard InChI is InChI=1S/C21H22N2O4S2/c1-3-27-18-10-8-16(9-11-18)23-29(25,26)20-13-17(7-6-15(20)2)22-21(24)14-19-5-4-12-28-19/h4-13,23H,3,14H2,1-2H3,(H,22,24). The van der Waals surface area contributed by atoms with Crippen molar-refractivity contribution in [2.45, 2.75) is 25.2 Å². The molecule has 0 saturated carbocycles. The quantitative estimate of drug-likeness (QED) is 0.553. The molecule has 0 bridgehead atoms. The van der Waals surface area contributed by atoms with Gasteiger partial charge in [0.05, 0.1) is 17.9 Å². The number of thiophene rings is 1. The van der Waals surface area contributed by atoms with Gasteiger partial charge in [0.1, 0.15) is 5.75 Å². The second-order valence-corrected chi connectivity index (χ2v) is 9.03. The molecule has 0 fully saturated rings. The Labute approximate surface area is 174 Å². The van der Waals surface area contributed by atoms with Crippen LogP contribution in [0.15, 0.2) is 64.9 Å². The summed E-state index contributed by atoms with van der Waals surface area (Å²) in [6, 6.07) is 15.3. The molecule has 0 unspecified atom stereocenters. The fourth-order valence-corrected chi connectivity index (χ4v) is 4.77. The maximum atomic E-state index is 12.9. The number of hydrogen-bond donors (Lipinski definition) is 2. The van der Waals surface area contributed by atoms with E-state index in [0.29, 0.717) is 29.3 Å². The number of carbonyl (C=O) groups is 1. The molecule has 1 heterocycles.